The first kappa shape index (κ1) is 28.4. The molecule has 0 amide bonds. The van der Waals surface area contributed by atoms with Crippen LogP contribution in [0.15, 0.2) is 56.4 Å². The summed E-state index contributed by atoms with van der Waals surface area (Å²) in [5.41, 5.74) is 7.11. The van der Waals surface area contributed by atoms with Gasteiger partial charge >= 0.3 is 0 Å². The Morgan fingerprint density at radius 1 is 0.514 bits per heavy atom. The quantitative estimate of drug-likeness (QED) is 0.218. The lowest BCUT2D eigenvalue weighted by Crippen LogP contribution is -1.95. The molecule has 2 rings (SSSR count). The molecule has 0 aliphatic carbocycles. The normalized spacial score (nSPS) is 11.1. The van der Waals surface area contributed by atoms with E-state index >= 15 is 0 Å². The Hall–Kier alpha value is -2.80. The van der Waals surface area contributed by atoms with Gasteiger partial charge in [-0.25, -0.2) is 9.98 Å². The van der Waals surface area contributed by atoms with Crippen LogP contribution >= 0.6 is 0 Å². The highest BCUT2D eigenvalue weighted by atomic mass is 14.8. The van der Waals surface area contributed by atoms with Gasteiger partial charge in [-0.1, -0.05) is 91.8 Å². The largest absolute Gasteiger partial charge is 0.225 e. The van der Waals surface area contributed by atoms with Gasteiger partial charge in [0.25, 0.3) is 0 Å². The average Bonchev–Trinajstić information content (AvgIpc) is 2.81. The van der Waals surface area contributed by atoms with Crippen LogP contribution in [0.3, 0.4) is 0 Å². The maximum absolute atomic E-state index is 4.62. The van der Waals surface area contributed by atoms with E-state index in [9.17, 15) is 0 Å². The summed E-state index contributed by atoms with van der Waals surface area (Å²) in [5, 5.41) is 0. The van der Waals surface area contributed by atoms with Gasteiger partial charge in [0.1, 0.15) is 0 Å². The van der Waals surface area contributed by atoms with Crippen molar-refractivity contribution in [3.8, 4) is 0 Å². The number of aliphatic imine (C=N–C) groups is 4. The summed E-state index contributed by atoms with van der Waals surface area (Å²) in [7, 11) is 0. The molecule has 0 atom stereocenters. The number of hydrogen-bond acceptors (Lipinski definition) is 4. The second-order valence-electron chi connectivity index (χ2n) is 10.4. The van der Waals surface area contributed by atoms with Crippen LogP contribution in [-0.2, 0) is 0 Å². The van der Waals surface area contributed by atoms with Crippen molar-refractivity contribution in [3.63, 3.8) is 0 Å². The van der Waals surface area contributed by atoms with E-state index in [-0.39, 0.29) is 0 Å². The van der Waals surface area contributed by atoms with Crippen molar-refractivity contribution in [2.24, 2.45) is 20.0 Å². The summed E-state index contributed by atoms with van der Waals surface area (Å²) < 4.78 is 0. The second kappa shape index (κ2) is 14.6. The average molecular weight is 473 g/mol. The molecular formula is C31H44N4. The van der Waals surface area contributed by atoms with Crippen LogP contribution in [0.1, 0.15) is 121 Å². The van der Waals surface area contributed by atoms with Crippen LogP contribution in [0.25, 0.3) is 0 Å². The standard InChI is InChI=1S/C31H44N4/c1-22(2)26-14-12-15-27(23(3)4)30(26)34-20-32-18-10-9-11-19-33-21-35-31-28(24(5)6)16-13-17-29(31)25(7)8/h12-17,22-25H,9-11,18-19H2,1-8H3. The molecule has 0 N–H and O–H groups in total. The summed E-state index contributed by atoms with van der Waals surface area (Å²) >= 11 is 0. The predicted molar refractivity (Wildman–Crippen MR) is 152 cm³/mol. The molecule has 2 aromatic carbocycles. The summed E-state index contributed by atoms with van der Waals surface area (Å²) in [6.45, 7) is 19.1. The van der Waals surface area contributed by atoms with E-state index < -0.39 is 0 Å². The summed E-state index contributed by atoms with van der Waals surface area (Å²) in [6.07, 6.45) is 3.08. The van der Waals surface area contributed by atoms with Gasteiger partial charge in [0, 0.05) is 13.1 Å². The van der Waals surface area contributed by atoms with E-state index in [1.807, 2.05) is 0 Å². The number of unbranched alkanes of at least 4 members (excludes halogenated alkanes) is 2. The van der Waals surface area contributed by atoms with Crippen LogP contribution in [0.2, 0.25) is 0 Å². The molecule has 0 aromatic heterocycles. The lowest BCUT2D eigenvalue weighted by Gasteiger charge is -2.15. The number of hydrogen-bond donors (Lipinski definition) is 0. The Morgan fingerprint density at radius 3 is 1.11 bits per heavy atom. The van der Waals surface area contributed by atoms with Crippen molar-refractivity contribution in [3.05, 3.63) is 58.7 Å². The molecule has 0 saturated carbocycles. The van der Waals surface area contributed by atoms with E-state index in [2.05, 4.69) is 124 Å². The van der Waals surface area contributed by atoms with Gasteiger partial charge < -0.3 is 0 Å². The fourth-order valence-corrected chi connectivity index (χ4v) is 4.11. The number of nitrogens with zero attached hydrogens (tertiary/aromatic N) is 4. The molecule has 4 heteroatoms. The monoisotopic (exact) mass is 472 g/mol. The molecule has 0 saturated heterocycles. The van der Waals surface area contributed by atoms with E-state index in [0.29, 0.717) is 23.7 Å². The van der Waals surface area contributed by atoms with Crippen LogP contribution in [0.4, 0.5) is 11.4 Å². The number of para-hydroxylation sites is 2. The Bertz CT molecular complexity index is 925. The highest BCUT2D eigenvalue weighted by molar-refractivity contribution is 5.63. The van der Waals surface area contributed by atoms with Gasteiger partial charge in [-0.05, 0) is 65.2 Å². The minimum atomic E-state index is 0.425. The van der Waals surface area contributed by atoms with Crippen LogP contribution in [-0.4, -0.2) is 25.1 Å². The smallest absolute Gasteiger partial charge is 0.0949 e. The summed E-state index contributed by atoms with van der Waals surface area (Å²) in [6, 6.07) is 18.8. The molecule has 0 aliphatic rings. The first-order valence-corrected chi connectivity index (χ1v) is 13.2. The Kier molecular flexibility index (Phi) is 11.8. The van der Waals surface area contributed by atoms with E-state index in [1.54, 1.807) is 0 Å². The van der Waals surface area contributed by atoms with Crippen molar-refractivity contribution in [2.75, 3.05) is 13.1 Å². The fourth-order valence-electron chi connectivity index (χ4n) is 4.11. The number of rotatable bonds is 12. The van der Waals surface area contributed by atoms with Gasteiger partial charge in [0.05, 0.1) is 23.4 Å². The Morgan fingerprint density at radius 2 is 0.829 bits per heavy atom. The molecule has 0 fully saturated rings. The molecule has 0 spiro atoms. The first-order chi connectivity index (χ1) is 16.7. The van der Waals surface area contributed by atoms with E-state index in [4.69, 9.17) is 0 Å². The van der Waals surface area contributed by atoms with Gasteiger partial charge in [0.2, 0.25) is 0 Å². The molecule has 0 aliphatic heterocycles. The van der Waals surface area contributed by atoms with Gasteiger partial charge in [0.15, 0.2) is 0 Å². The van der Waals surface area contributed by atoms with Crippen molar-refractivity contribution < 1.29 is 0 Å². The molecule has 4 nitrogen and oxygen atoms in total. The minimum Gasteiger partial charge on any atom is -0.225 e. The molecule has 188 valence electrons. The third kappa shape index (κ3) is 8.73. The molecule has 0 unspecified atom stereocenters. The Balaban J connectivity index is 1.88. The molecule has 0 heterocycles. The molecule has 35 heavy (non-hydrogen) atoms. The van der Waals surface area contributed by atoms with Crippen molar-refractivity contribution in [1.82, 2.24) is 0 Å². The zero-order valence-corrected chi connectivity index (χ0v) is 23.1. The van der Waals surface area contributed by atoms with Crippen molar-refractivity contribution in [1.29, 1.82) is 0 Å². The topological polar surface area (TPSA) is 49.4 Å². The highest BCUT2D eigenvalue weighted by Crippen LogP contribution is 2.35. The zero-order valence-electron chi connectivity index (χ0n) is 23.1. The van der Waals surface area contributed by atoms with E-state index in [1.165, 1.54) is 22.3 Å². The van der Waals surface area contributed by atoms with Crippen LogP contribution in [0.5, 0.6) is 0 Å². The van der Waals surface area contributed by atoms with Gasteiger partial charge in [-0.15, -0.1) is 0 Å². The lowest BCUT2D eigenvalue weighted by molar-refractivity contribution is 0.698. The minimum absolute atomic E-state index is 0.425. The first-order valence-electron chi connectivity index (χ1n) is 13.2. The Labute approximate surface area is 213 Å². The maximum atomic E-state index is 4.62. The van der Waals surface area contributed by atoms with Crippen LogP contribution in [0, 0.1) is 0 Å². The highest BCUT2D eigenvalue weighted by Gasteiger charge is 2.13. The third-order valence-electron chi connectivity index (χ3n) is 6.19. The van der Waals surface area contributed by atoms with Crippen molar-refractivity contribution in [2.45, 2.75) is 98.3 Å². The van der Waals surface area contributed by atoms with Gasteiger partial charge in [-0.3, -0.25) is 0 Å². The van der Waals surface area contributed by atoms with Crippen molar-refractivity contribution >= 4 is 23.4 Å². The van der Waals surface area contributed by atoms with E-state index in [0.717, 1.165) is 43.7 Å². The van der Waals surface area contributed by atoms with Gasteiger partial charge in [-0.2, -0.15) is 9.98 Å². The molecule has 0 radical (unpaired) electrons. The summed E-state index contributed by atoms with van der Waals surface area (Å²) in [5.74, 6) is 1.70. The molecule has 2 aromatic rings. The van der Waals surface area contributed by atoms with Crippen LogP contribution < -0.4 is 0 Å². The molecule has 0 bridgehead atoms. The number of benzene rings is 2. The molecular weight excluding hydrogens is 428 g/mol. The fraction of sp³-hybridized carbons (Fsp3) is 0.548. The summed E-state index contributed by atoms with van der Waals surface area (Å²) in [4.78, 5) is 18.1. The maximum Gasteiger partial charge on any atom is 0.0949 e. The SMILES string of the molecule is CC(C)c1cccc(C(C)C)c1N=C=NCCCCCN=C=Nc1c(C(C)C)cccc1C(C)C. The second-order valence-corrected chi connectivity index (χ2v) is 10.4. The lowest BCUT2D eigenvalue weighted by atomic mass is 9.93. The zero-order chi connectivity index (χ0) is 25.8. The third-order valence-corrected chi connectivity index (χ3v) is 6.19. The predicted octanol–water partition coefficient (Wildman–Crippen LogP) is 9.66.